The Morgan fingerprint density at radius 1 is 1.00 bits per heavy atom. The minimum Gasteiger partial charge on any atom is -0.296 e. The first-order chi connectivity index (χ1) is 12.2. The van der Waals surface area contributed by atoms with Crippen molar-refractivity contribution in [3.63, 3.8) is 0 Å². The first-order valence-corrected chi connectivity index (χ1v) is 9.16. The van der Waals surface area contributed by atoms with Crippen molar-refractivity contribution in [2.24, 2.45) is 11.3 Å². The van der Waals surface area contributed by atoms with Crippen LogP contribution in [0.15, 0.2) is 60.7 Å². The van der Waals surface area contributed by atoms with Gasteiger partial charge in [0.1, 0.15) is 0 Å². The summed E-state index contributed by atoms with van der Waals surface area (Å²) in [7, 11) is 0. The van der Waals surface area contributed by atoms with E-state index in [0.717, 1.165) is 24.0 Å². The van der Waals surface area contributed by atoms with Gasteiger partial charge in [-0.05, 0) is 29.9 Å². The van der Waals surface area contributed by atoms with Crippen LogP contribution in [0.2, 0.25) is 0 Å². The molecule has 0 radical (unpaired) electrons. The zero-order valence-electron chi connectivity index (χ0n) is 14.6. The maximum absolute atomic E-state index is 15.0. The molecular weight excluding hydrogens is 313 g/mol. The quantitative estimate of drug-likeness (QED) is 0.779. The Balaban J connectivity index is 1.62. The second-order valence-corrected chi connectivity index (χ2v) is 7.45. The highest BCUT2D eigenvalue weighted by Crippen LogP contribution is 2.65. The molecule has 4 rings (SSSR count). The van der Waals surface area contributed by atoms with Crippen LogP contribution in [0.4, 0.5) is 4.39 Å². The van der Waals surface area contributed by atoms with E-state index in [1.54, 1.807) is 0 Å². The van der Waals surface area contributed by atoms with Gasteiger partial charge in [-0.15, -0.1) is 0 Å². The van der Waals surface area contributed by atoms with E-state index in [1.807, 2.05) is 43.3 Å². The molecule has 4 atom stereocenters. The van der Waals surface area contributed by atoms with Gasteiger partial charge < -0.3 is 0 Å². The average molecular weight is 337 g/mol. The second-order valence-electron chi connectivity index (χ2n) is 7.45. The first-order valence-electron chi connectivity index (χ1n) is 9.16. The third kappa shape index (κ3) is 2.81. The van der Waals surface area contributed by atoms with Crippen molar-refractivity contribution < 1.29 is 9.18 Å². The van der Waals surface area contributed by atoms with Gasteiger partial charge in [0, 0.05) is 18.5 Å². The molecule has 2 aromatic carbocycles. The Kier molecular flexibility index (Phi) is 4.20. The van der Waals surface area contributed by atoms with E-state index >= 15 is 0 Å². The SMILES string of the molecule is CC[C@@]12C[C@@H]1[C@@H](N(Cc1ccccc1)Cc1ccccc1)[C@@H](F)C2=O. The number of ketones is 1. The topological polar surface area (TPSA) is 20.3 Å². The summed E-state index contributed by atoms with van der Waals surface area (Å²) in [4.78, 5) is 14.7. The van der Waals surface area contributed by atoms with E-state index in [9.17, 15) is 9.18 Å². The van der Waals surface area contributed by atoms with Crippen molar-refractivity contribution in [2.45, 2.75) is 45.1 Å². The Labute approximate surface area is 148 Å². The van der Waals surface area contributed by atoms with Crippen LogP contribution < -0.4 is 0 Å². The van der Waals surface area contributed by atoms with Gasteiger partial charge in [-0.25, -0.2) is 4.39 Å². The number of fused-ring (bicyclic) bond motifs is 1. The Bertz CT molecular complexity index is 706. The molecule has 2 aliphatic rings. The molecule has 3 heteroatoms. The molecule has 0 amide bonds. The summed E-state index contributed by atoms with van der Waals surface area (Å²) < 4.78 is 15.0. The van der Waals surface area contributed by atoms with Gasteiger partial charge in [0.15, 0.2) is 12.0 Å². The normalized spacial score (nSPS) is 30.5. The minimum absolute atomic E-state index is 0.156. The minimum atomic E-state index is -1.36. The molecule has 2 aliphatic carbocycles. The van der Waals surface area contributed by atoms with Crippen molar-refractivity contribution in [3.05, 3.63) is 71.8 Å². The third-order valence-electron chi connectivity index (χ3n) is 6.10. The van der Waals surface area contributed by atoms with Crippen molar-refractivity contribution in [1.29, 1.82) is 0 Å². The molecule has 0 heterocycles. The van der Waals surface area contributed by atoms with E-state index in [4.69, 9.17) is 0 Å². The molecule has 0 N–H and O–H groups in total. The van der Waals surface area contributed by atoms with Crippen LogP contribution >= 0.6 is 0 Å². The average Bonchev–Trinajstić information content (AvgIpc) is 3.33. The van der Waals surface area contributed by atoms with E-state index in [2.05, 4.69) is 29.2 Å². The van der Waals surface area contributed by atoms with Crippen LogP contribution in [0, 0.1) is 11.3 Å². The second kappa shape index (κ2) is 6.38. The fourth-order valence-electron chi connectivity index (χ4n) is 4.62. The van der Waals surface area contributed by atoms with E-state index in [0.29, 0.717) is 13.1 Å². The lowest BCUT2D eigenvalue weighted by molar-refractivity contribution is -0.128. The third-order valence-corrected chi connectivity index (χ3v) is 6.10. The number of rotatable bonds is 6. The number of hydrogen-bond acceptors (Lipinski definition) is 2. The fourth-order valence-corrected chi connectivity index (χ4v) is 4.62. The van der Waals surface area contributed by atoms with Gasteiger partial charge in [0.25, 0.3) is 0 Å². The Morgan fingerprint density at radius 3 is 1.96 bits per heavy atom. The van der Waals surface area contributed by atoms with E-state index < -0.39 is 6.17 Å². The van der Waals surface area contributed by atoms with E-state index in [1.165, 1.54) is 0 Å². The lowest BCUT2D eigenvalue weighted by Crippen LogP contribution is -2.42. The molecule has 0 bridgehead atoms. The largest absolute Gasteiger partial charge is 0.296 e. The number of alkyl halides is 1. The van der Waals surface area contributed by atoms with Crippen molar-refractivity contribution in [2.75, 3.05) is 0 Å². The molecular formula is C22H24FNO. The molecule has 2 aromatic rings. The summed E-state index contributed by atoms with van der Waals surface area (Å²) in [5.74, 6) is 0.0172. The Morgan fingerprint density at radius 2 is 1.52 bits per heavy atom. The summed E-state index contributed by atoms with van der Waals surface area (Å²) in [5.41, 5.74) is 1.94. The molecule has 0 saturated heterocycles. The van der Waals surface area contributed by atoms with Gasteiger partial charge in [-0.3, -0.25) is 9.69 Å². The maximum atomic E-state index is 15.0. The highest BCUT2D eigenvalue weighted by molar-refractivity contribution is 5.96. The smallest absolute Gasteiger partial charge is 0.174 e. The van der Waals surface area contributed by atoms with Crippen LogP contribution in [-0.4, -0.2) is 22.9 Å². The molecule has 2 fully saturated rings. The highest BCUT2D eigenvalue weighted by atomic mass is 19.1. The van der Waals surface area contributed by atoms with Gasteiger partial charge in [0.2, 0.25) is 0 Å². The van der Waals surface area contributed by atoms with Crippen LogP contribution in [0.3, 0.4) is 0 Å². The predicted molar refractivity (Wildman–Crippen MR) is 96.7 cm³/mol. The van der Waals surface area contributed by atoms with Crippen molar-refractivity contribution >= 4 is 5.78 Å². The summed E-state index contributed by atoms with van der Waals surface area (Å²) in [6, 6.07) is 20.0. The number of carbonyl (C=O) groups is 1. The van der Waals surface area contributed by atoms with Gasteiger partial charge >= 0.3 is 0 Å². The molecule has 0 aromatic heterocycles. The molecule has 2 nitrogen and oxygen atoms in total. The van der Waals surface area contributed by atoms with Crippen LogP contribution in [0.1, 0.15) is 30.9 Å². The van der Waals surface area contributed by atoms with E-state index in [-0.39, 0.29) is 23.2 Å². The lowest BCUT2D eigenvalue weighted by atomic mass is 9.99. The molecule has 0 unspecified atom stereocenters. The number of Topliss-reactive ketones (excluding diaryl/α,β-unsaturated/α-hetero) is 1. The van der Waals surface area contributed by atoms with Crippen LogP contribution in [0.5, 0.6) is 0 Å². The molecule has 130 valence electrons. The van der Waals surface area contributed by atoms with Crippen LogP contribution in [0.25, 0.3) is 0 Å². The maximum Gasteiger partial charge on any atom is 0.174 e. The molecule has 25 heavy (non-hydrogen) atoms. The summed E-state index contributed by atoms with van der Waals surface area (Å²) in [6.07, 6.45) is 0.261. The summed E-state index contributed by atoms with van der Waals surface area (Å²) in [6.45, 7) is 3.36. The number of nitrogens with zero attached hydrogens (tertiary/aromatic N) is 1. The highest BCUT2D eigenvalue weighted by Gasteiger charge is 2.71. The summed E-state index contributed by atoms with van der Waals surface area (Å²) in [5, 5.41) is 0. The number of carbonyl (C=O) groups excluding carboxylic acids is 1. The van der Waals surface area contributed by atoms with Crippen molar-refractivity contribution in [1.82, 2.24) is 4.90 Å². The Hall–Kier alpha value is -2.00. The number of hydrogen-bond donors (Lipinski definition) is 0. The zero-order valence-corrected chi connectivity index (χ0v) is 14.6. The monoisotopic (exact) mass is 337 g/mol. The number of benzene rings is 2. The summed E-state index contributed by atoms with van der Waals surface area (Å²) >= 11 is 0. The van der Waals surface area contributed by atoms with Gasteiger partial charge in [-0.1, -0.05) is 67.6 Å². The van der Waals surface area contributed by atoms with Gasteiger partial charge in [-0.2, -0.15) is 0 Å². The zero-order chi connectivity index (χ0) is 17.4. The number of halogens is 1. The predicted octanol–water partition coefficient (Wildman–Crippen LogP) is 4.39. The standard InChI is InChI=1S/C22H24FNO/c1-2-22-13-18(22)20(19(23)21(22)25)24(14-16-9-5-3-6-10-16)15-17-11-7-4-8-12-17/h3-12,18-20H,2,13-15H2,1H3/t18-,19-,20-,22-/m1/s1. The van der Waals surface area contributed by atoms with Crippen LogP contribution in [-0.2, 0) is 17.9 Å². The molecule has 2 saturated carbocycles. The lowest BCUT2D eigenvalue weighted by Gasteiger charge is -2.31. The first kappa shape index (κ1) is 16.5. The fraction of sp³-hybridized carbons (Fsp3) is 0.409. The van der Waals surface area contributed by atoms with Gasteiger partial charge in [0.05, 0.1) is 6.04 Å². The molecule has 0 spiro atoms. The van der Waals surface area contributed by atoms with Crippen molar-refractivity contribution in [3.8, 4) is 0 Å². The molecule has 0 aliphatic heterocycles.